The van der Waals surface area contributed by atoms with Gasteiger partial charge in [0.1, 0.15) is 5.82 Å². The van der Waals surface area contributed by atoms with Crippen molar-refractivity contribution in [3.8, 4) is 0 Å². The minimum Gasteiger partial charge on any atom is -0.319 e. The molecule has 0 spiro atoms. The number of aromatic nitrogens is 3. The first-order valence-electron chi connectivity index (χ1n) is 6.39. The van der Waals surface area contributed by atoms with Gasteiger partial charge in [-0.2, -0.15) is 5.10 Å². The lowest BCUT2D eigenvalue weighted by atomic mass is 9.96. The summed E-state index contributed by atoms with van der Waals surface area (Å²) in [6, 6.07) is 0. The maximum Gasteiger partial charge on any atom is 0.170 e. The van der Waals surface area contributed by atoms with E-state index in [1.165, 1.54) is 38.5 Å². The van der Waals surface area contributed by atoms with E-state index in [2.05, 4.69) is 22.1 Å². The summed E-state index contributed by atoms with van der Waals surface area (Å²) < 4.78 is 0. The molecule has 0 saturated heterocycles. The molecule has 88 valence electrons. The monoisotopic (exact) mass is 220 g/mol. The molecule has 2 aliphatic rings. The molecule has 0 aromatic carbocycles. The first kappa shape index (κ1) is 10.3. The van der Waals surface area contributed by atoms with Crippen molar-refractivity contribution in [3.63, 3.8) is 0 Å². The molecule has 0 radical (unpaired) electrons. The van der Waals surface area contributed by atoms with Crippen molar-refractivity contribution in [2.24, 2.45) is 11.7 Å². The number of rotatable bonds is 3. The van der Waals surface area contributed by atoms with Crippen LogP contribution in [0.2, 0.25) is 0 Å². The predicted octanol–water partition coefficient (Wildman–Crippen LogP) is 2.05. The summed E-state index contributed by atoms with van der Waals surface area (Å²) >= 11 is 0. The van der Waals surface area contributed by atoms with E-state index in [0.717, 1.165) is 11.6 Å². The molecule has 1 unspecified atom stereocenters. The highest BCUT2D eigenvalue weighted by molar-refractivity contribution is 5.11. The second-order valence-electron chi connectivity index (χ2n) is 5.58. The molecule has 0 aliphatic heterocycles. The fourth-order valence-corrected chi connectivity index (χ4v) is 2.76. The second-order valence-corrected chi connectivity index (χ2v) is 5.58. The van der Waals surface area contributed by atoms with Gasteiger partial charge in [0.2, 0.25) is 0 Å². The predicted molar refractivity (Wildman–Crippen MR) is 61.9 cm³/mol. The third-order valence-corrected chi connectivity index (χ3v) is 4.15. The minimum absolute atomic E-state index is 0.326. The molecule has 4 nitrogen and oxygen atoms in total. The Kier molecular flexibility index (Phi) is 2.28. The van der Waals surface area contributed by atoms with Gasteiger partial charge < -0.3 is 5.73 Å². The quantitative estimate of drug-likeness (QED) is 0.819. The zero-order valence-electron chi connectivity index (χ0n) is 9.87. The molecule has 0 amide bonds. The first-order valence-corrected chi connectivity index (χ1v) is 6.39. The van der Waals surface area contributed by atoms with Crippen molar-refractivity contribution in [2.45, 2.75) is 56.9 Å². The van der Waals surface area contributed by atoms with Crippen LogP contribution in [-0.2, 0) is 5.54 Å². The standard InChI is InChI=1S/C12H20N4/c1-12(13,9-6-7-9)11-14-10(15-16-11)8-4-2-3-5-8/h8-9H,2-7,13H2,1H3,(H,14,15,16). The lowest BCUT2D eigenvalue weighted by molar-refractivity contribution is 0.401. The van der Waals surface area contributed by atoms with E-state index in [9.17, 15) is 0 Å². The summed E-state index contributed by atoms with van der Waals surface area (Å²) in [5.41, 5.74) is 5.98. The van der Waals surface area contributed by atoms with Crippen LogP contribution in [0, 0.1) is 5.92 Å². The molecule has 1 aromatic heterocycles. The summed E-state index contributed by atoms with van der Waals surface area (Å²) in [7, 11) is 0. The van der Waals surface area contributed by atoms with Gasteiger partial charge in [0.05, 0.1) is 5.54 Å². The van der Waals surface area contributed by atoms with E-state index < -0.39 is 0 Å². The highest BCUT2D eigenvalue weighted by Gasteiger charge is 2.42. The van der Waals surface area contributed by atoms with Crippen molar-refractivity contribution in [1.29, 1.82) is 0 Å². The molecule has 4 heteroatoms. The molecule has 3 rings (SSSR count). The van der Waals surface area contributed by atoms with Gasteiger partial charge in [0, 0.05) is 5.92 Å². The summed E-state index contributed by atoms with van der Waals surface area (Å²) in [6.07, 6.45) is 7.59. The Bertz CT molecular complexity index is 372. The normalized spacial score (nSPS) is 25.9. The molecule has 1 atom stereocenters. The Morgan fingerprint density at radius 3 is 2.56 bits per heavy atom. The number of nitrogens with one attached hydrogen (secondary N) is 1. The third-order valence-electron chi connectivity index (χ3n) is 4.15. The molecule has 1 aromatic rings. The minimum atomic E-state index is -0.326. The van der Waals surface area contributed by atoms with Gasteiger partial charge in [-0.05, 0) is 38.5 Å². The molecule has 16 heavy (non-hydrogen) atoms. The Balaban J connectivity index is 1.81. The highest BCUT2D eigenvalue weighted by Crippen LogP contribution is 2.43. The number of nitrogens with zero attached hydrogens (tertiary/aromatic N) is 2. The van der Waals surface area contributed by atoms with Crippen molar-refractivity contribution < 1.29 is 0 Å². The van der Waals surface area contributed by atoms with Crippen LogP contribution in [0.5, 0.6) is 0 Å². The SMILES string of the molecule is CC(N)(c1n[nH]c(C2CCCC2)n1)C1CC1. The summed E-state index contributed by atoms with van der Waals surface area (Å²) in [6.45, 7) is 2.06. The summed E-state index contributed by atoms with van der Waals surface area (Å²) in [5.74, 6) is 3.05. The van der Waals surface area contributed by atoms with Crippen molar-refractivity contribution in [3.05, 3.63) is 11.6 Å². The van der Waals surface area contributed by atoms with Crippen LogP contribution in [-0.4, -0.2) is 15.2 Å². The summed E-state index contributed by atoms with van der Waals surface area (Å²) in [4.78, 5) is 4.63. The van der Waals surface area contributed by atoms with E-state index in [0.29, 0.717) is 11.8 Å². The number of hydrogen-bond acceptors (Lipinski definition) is 3. The number of hydrogen-bond donors (Lipinski definition) is 2. The zero-order chi connectivity index (χ0) is 11.2. The number of H-pyrrole nitrogens is 1. The van der Waals surface area contributed by atoms with Crippen LogP contribution in [0.15, 0.2) is 0 Å². The number of nitrogens with two attached hydrogens (primary N) is 1. The molecular formula is C12H20N4. The summed E-state index contributed by atoms with van der Waals surface area (Å²) in [5, 5.41) is 7.43. The van der Waals surface area contributed by atoms with Gasteiger partial charge in [-0.25, -0.2) is 4.98 Å². The molecule has 2 saturated carbocycles. The van der Waals surface area contributed by atoms with Crippen LogP contribution in [0.3, 0.4) is 0 Å². The van der Waals surface area contributed by atoms with Crippen LogP contribution >= 0.6 is 0 Å². The van der Waals surface area contributed by atoms with Gasteiger partial charge in [-0.15, -0.1) is 0 Å². The average Bonchev–Trinajstić information content (AvgIpc) is 2.82. The smallest absolute Gasteiger partial charge is 0.170 e. The van der Waals surface area contributed by atoms with Crippen molar-refractivity contribution in [2.75, 3.05) is 0 Å². The van der Waals surface area contributed by atoms with Crippen molar-refractivity contribution in [1.82, 2.24) is 15.2 Å². The lowest BCUT2D eigenvalue weighted by Crippen LogP contribution is -2.36. The van der Waals surface area contributed by atoms with Crippen LogP contribution in [0.25, 0.3) is 0 Å². The van der Waals surface area contributed by atoms with E-state index in [1.54, 1.807) is 0 Å². The Hall–Kier alpha value is -0.900. The largest absolute Gasteiger partial charge is 0.319 e. The van der Waals surface area contributed by atoms with Crippen LogP contribution in [0.1, 0.15) is 63.0 Å². The fraction of sp³-hybridized carbons (Fsp3) is 0.833. The average molecular weight is 220 g/mol. The van der Waals surface area contributed by atoms with Gasteiger partial charge in [0.15, 0.2) is 5.82 Å². The fourth-order valence-electron chi connectivity index (χ4n) is 2.76. The Labute approximate surface area is 96.0 Å². The topological polar surface area (TPSA) is 67.6 Å². The van der Waals surface area contributed by atoms with Gasteiger partial charge >= 0.3 is 0 Å². The zero-order valence-corrected chi connectivity index (χ0v) is 9.87. The molecular weight excluding hydrogens is 200 g/mol. The van der Waals surface area contributed by atoms with Gasteiger partial charge in [0.25, 0.3) is 0 Å². The van der Waals surface area contributed by atoms with Gasteiger partial charge in [-0.1, -0.05) is 12.8 Å². The molecule has 2 fully saturated rings. The maximum atomic E-state index is 6.31. The molecule has 3 N–H and O–H groups in total. The van der Waals surface area contributed by atoms with Crippen molar-refractivity contribution >= 4 is 0 Å². The third kappa shape index (κ3) is 1.65. The second kappa shape index (κ2) is 3.55. The van der Waals surface area contributed by atoms with Crippen LogP contribution in [0.4, 0.5) is 0 Å². The van der Waals surface area contributed by atoms with E-state index in [1.807, 2.05) is 0 Å². The van der Waals surface area contributed by atoms with E-state index >= 15 is 0 Å². The van der Waals surface area contributed by atoms with E-state index in [-0.39, 0.29) is 5.54 Å². The molecule has 0 bridgehead atoms. The Morgan fingerprint density at radius 2 is 1.94 bits per heavy atom. The number of aromatic amines is 1. The highest BCUT2D eigenvalue weighted by atomic mass is 15.2. The lowest BCUT2D eigenvalue weighted by Gasteiger charge is -2.19. The van der Waals surface area contributed by atoms with Gasteiger partial charge in [-0.3, -0.25) is 5.10 Å². The van der Waals surface area contributed by atoms with E-state index in [4.69, 9.17) is 5.73 Å². The first-order chi connectivity index (χ1) is 7.68. The molecule has 2 aliphatic carbocycles. The maximum absolute atomic E-state index is 6.31. The molecule has 1 heterocycles. The Morgan fingerprint density at radius 1 is 1.25 bits per heavy atom. The van der Waals surface area contributed by atoms with Crippen LogP contribution < -0.4 is 5.73 Å².